The molecule has 1 aromatic heterocycles. The van der Waals surface area contributed by atoms with Crippen molar-refractivity contribution in [2.75, 3.05) is 7.11 Å². The molecule has 0 bridgehead atoms. The van der Waals surface area contributed by atoms with Gasteiger partial charge < -0.3 is 9.84 Å². The third kappa shape index (κ3) is 3.10. The molecule has 0 aliphatic heterocycles. The van der Waals surface area contributed by atoms with Crippen LogP contribution in [0.2, 0.25) is 0 Å². The van der Waals surface area contributed by atoms with Crippen LogP contribution in [0.15, 0.2) is 35.7 Å². The molecule has 1 unspecified atom stereocenters. The second-order valence-corrected chi connectivity index (χ2v) is 4.94. The van der Waals surface area contributed by atoms with Crippen molar-refractivity contribution in [2.24, 2.45) is 0 Å². The largest absolute Gasteiger partial charge is 0.495 e. The average Bonchev–Trinajstić information content (AvgIpc) is 2.87. The van der Waals surface area contributed by atoms with Gasteiger partial charge in [0.2, 0.25) is 0 Å². The van der Waals surface area contributed by atoms with Crippen LogP contribution in [-0.4, -0.2) is 17.1 Å². The molecule has 0 spiro atoms. The molecule has 1 N–H and O–H groups in total. The van der Waals surface area contributed by atoms with Crippen LogP contribution < -0.4 is 4.74 Å². The van der Waals surface area contributed by atoms with Crippen molar-refractivity contribution in [3.05, 3.63) is 56.3 Å². The van der Waals surface area contributed by atoms with Crippen molar-refractivity contribution in [2.45, 2.75) is 12.5 Å². The molecular weight excluding hydrogens is 266 g/mol. The second-order valence-electron chi connectivity index (χ2n) is 4.00. The van der Waals surface area contributed by atoms with Crippen LogP contribution in [0.5, 0.6) is 5.75 Å². The first kappa shape index (κ1) is 13.5. The maximum atomic E-state index is 10.5. The number of nitro benzene ring substituents is 1. The number of hydrogen-bond acceptors (Lipinski definition) is 5. The van der Waals surface area contributed by atoms with E-state index < -0.39 is 11.0 Å². The lowest BCUT2D eigenvalue weighted by Crippen LogP contribution is -2.01. The standard InChI is InChI=1S/C13H13NO4S/c1-18-12-6-7-19-13(12)11(15)8-9-2-4-10(5-3-9)14(16)17/h2-7,11,15H,8H2,1H3. The van der Waals surface area contributed by atoms with Crippen LogP contribution >= 0.6 is 11.3 Å². The van der Waals surface area contributed by atoms with Crippen molar-refractivity contribution in [3.63, 3.8) is 0 Å². The molecule has 0 aliphatic rings. The first-order valence-electron chi connectivity index (χ1n) is 5.64. The van der Waals surface area contributed by atoms with Gasteiger partial charge in [0.1, 0.15) is 5.75 Å². The molecule has 100 valence electrons. The maximum Gasteiger partial charge on any atom is 0.269 e. The molecule has 2 rings (SSSR count). The fourth-order valence-corrected chi connectivity index (χ4v) is 2.64. The van der Waals surface area contributed by atoms with Crippen LogP contribution in [0, 0.1) is 10.1 Å². The molecule has 5 nitrogen and oxygen atoms in total. The summed E-state index contributed by atoms with van der Waals surface area (Å²) in [6, 6.07) is 7.99. The Hall–Kier alpha value is -1.92. The van der Waals surface area contributed by atoms with Crippen molar-refractivity contribution >= 4 is 17.0 Å². The SMILES string of the molecule is COc1ccsc1C(O)Cc1ccc([N+](=O)[O-])cc1. The third-order valence-corrected chi connectivity index (χ3v) is 3.76. The molecule has 6 heteroatoms. The summed E-state index contributed by atoms with van der Waals surface area (Å²) in [4.78, 5) is 10.9. The van der Waals surface area contributed by atoms with Gasteiger partial charge >= 0.3 is 0 Å². The second kappa shape index (κ2) is 5.81. The van der Waals surface area contributed by atoms with Crippen LogP contribution in [-0.2, 0) is 6.42 Å². The molecular formula is C13H13NO4S. The summed E-state index contributed by atoms with van der Waals surface area (Å²) in [5.74, 6) is 0.666. The number of hydrogen-bond donors (Lipinski definition) is 1. The summed E-state index contributed by atoms with van der Waals surface area (Å²) < 4.78 is 5.16. The third-order valence-electron chi connectivity index (χ3n) is 2.76. The summed E-state index contributed by atoms with van der Waals surface area (Å²) in [7, 11) is 1.56. The van der Waals surface area contributed by atoms with E-state index in [-0.39, 0.29) is 5.69 Å². The summed E-state index contributed by atoms with van der Waals surface area (Å²) in [6.07, 6.45) is -0.272. The molecule has 2 aromatic rings. The summed E-state index contributed by atoms with van der Waals surface area (Å²) in [5, 5.41) is 22.6. The van der Waals surface area contributed by atoms with Gasteiger partial charge in [0.05, 0.1) is 23.0 Å². The highest BCUT2D eigenvalue weighted by Gasteiger charge is 2.16. The van der Waals surface area contributed by atoms with Gasteiger partial charge in [0.25, 0.3) is 5.69 Å². The van der Waals surface area contributed by atoms with Gasteiger partial charge in [-0.1, -0.05) is 12.1 Å². The summed E-state index contributed by atoms with van der Waals surface area (Å²) >= 11 is 1.43. The van der Waals surface area contributed by atoms with E-state index in [9.17, 15) is 15.2 Å². The highest BCUT2D eigenvalue weighted by molar-refractivity contribution is 7.10. The molecule has 0 saturated carbocycles. The van der Waals surface area contributed by atoms with Gasteiger partial charge in [-0.25, -0.2) is 0 Å². The zero-order valence-electron chi connectivity index (χ0n) is 10.3. The summed E-state index contributed by atoms with van der Waals surface area (Å²) in [6.45, 7) is 0. The van der Waals surface area contributed by atoms with E-state index in [0.29, 0.717) is 12.2 Å². The fourth-order valence-electron chi connectivity index (χ4n) is 1.79. The number of ether oxygens (including phenoxy) is 1. The van der Waals surface area contributed by atoms with E-state index >= 15 is 0 Å². The molecule has 0 radical (unpaired) electrons. The molecule has 0 amide bonds. The minimum Gasteiger partial charge on any atom is -0.495 e. The topological polar surface area (TPSA) is 72.6 Å². The molecule has 19 heavy (non-hydrogen) atoms. The Morgan fingerprint density at radius 2 is 2.05 bits per heavy atom. The van der Waals surface area contributed by atoms with Crippen molar-refractivity contribution in [1.29, 1.82) is 0 Å². The lowest BCUT2D eigenvalue weighted by Gasteiger charge is -2.10. The predicted octanol–water partition coefficient (Wildman–Crippen LogP) is 2.94. The van der Waals surface area contributed by atoms with Crippen molar-refractivity contribution < 1.29 is 14.8 Å². The quantitative estimate of drug-likeness (QED) is 0.674. The number of methoxy groups -OCH3 is 1. The lowest BCUT2D eigenvalue weighted by molar-refractivity contribution is -0.384. The normalized spacial score (nSPS) is 12.1. The zero-order valence-corrected chi connectivity index (χ0v) is 11.1. The minimum absolute atomic E-state index is 0.0481. The number of thiophene rings is 1. The number of aliphatic hydroxyl groups is 1. The van der Waals surface area contributed by atoms with E-state index in [1.165, 1.54) is 23.5 Å². The van der Waals surface area contributed by atoms with Gasteiger partial charge in [-0.2, -0.15) is 0 Å². The zero-order chi connectivity index (χ0) is 13.8. The number of nitrogens with zero attached hydrogens (tertiary/aromatic N) is 1. The molecule has 0 fully saturated rings. The average molecular weight is 279 g/mol. The summed E-state index contributed by atoms with van der Waals surface area (Å²) in [5.41, 5.74) is 0.889. The Kier molecular flexibility index (Phi) is 4.13. The number of aliphatic hydroxyl groups excluding tert-OH is 1. The first-order chi connectivity index (χ1) is 9.11. The van der Waals surface area contributed by atoms with E-state index in [2.05, 4.69) is 0 Å². The van der Waals surface area contributed by atoms with E-state index in [4.69, 9.17) is 4.74 Å². The Labute approximate surface area is 114 Å². The molecule has 0 saturated heterocycles. The number of rotatable bonds is 5. The van der Waals surface area contributed by atoms with Crippen molar-refractivity contribution in [3.8, 4) is 5.75 Å². The Bertz CT molecular complexity index is 564. The molecule has 1 aromatic carbocycles. The van der Waals surface area contributed by atoms with Gasteiger partial charge in [0.15, 0.2) is 0 Å². The maximum absolute atomic E-state index is 10.5. The number of nitro groups is 1. The highest BCUT2D eigenvalue weighted by atomic mass is 32.1. The minimum atomic E-state index is -0.670. The lowest BCUT2D eigenvalue weighted by atomic mass is 10.1. The molecule has 0 aliphatic carbocycles. The van der Waals surface area contributed by atoms with Crippen LogP contribution in [0.4, 0.5) is 5.69 Å². The van der Waals surface area contributed by atoms with E-state index in [0.717, 1.165) is 10.4 Å². The van der Waals surface area contributed by atoms with Gasteiger partial charge in [-0.3, -0.25) is 10.1 Å². The Morgan fingerprint density at radius 1 is 1.37 bits per heavy atom. The van der Waals surface area contributed by atoms with Gasteiger partial charge in [-0.15, -0.1) is 11.3 Å². The smallest absolute Gasteiger partial charge is 0.269 e. The monoisotopic (exact) mass is 279 g/mol. The Morgan fingerprint density at radius 3 is 2.63 bits per heavy atom. The van der Waals surface area contributed by atoms with E-state index in [1.54, 1.807) is 25.3 Å². The van der Waals surface area contributed by atoms with Crippen LogP contribution in [0.25, 0.3) is 0 Å². The predicted molar refractivity (Wildman–Crippen MR) is 72.6 cm³/mol. The number of benzene rings is 1. The number of non-ortho nitro benzene ring substituents is 1. The van der Waals surface area contributed by atoms with Crippen LogP contribution in [0.1, 0.15) is 16.5 Å². The molecule has 1 heterocycles. The highest BCUT2D eigenvalue weighted by Crippen LogP contribution is 2.32. The van der Waals surface area contributed by atoms with Crippen LogP contribution in [0.3, 0.4) is 0 Å². The molecule has 1 atom stereocenters. The van der Waals surface area contributed by atoms with Gasteiger partial charge in [0, 0.05) is 18.6 Å². The van der Waals surface area contributed by atoms with E-state index in [1.807, 2.05) is 5.38 Å². The van der Waals surface area contributed by atoms with Gasteiger partial charge in [-0.05, 0) is 17.0 Å². The fraction of sp³-hybridized carbons (Fsp3) is 0.231. The Balaban J connectivity index is 2.10. The van der Waals surface area contributed by atoms with Crippen molar-refractivity contribution in [1.82, 2.24) is 0 Å². The first-order valence-corrected chi connectivity index (χ1v) is 6.52.